The van der Waals surface area contributed by atoms with Gasteiger partial charge in [0.05, 0.1) is 5.69 Å². The number of oxazole rings is 1. The lowest BCUT2D eigenvalue weighted by Gasteiger charge is -2.29. The van der Waals surface area contributed by atoms with Crippen molar-refractivity contribution in [3.05, 3.63) is 52.5 Å². The number of piperidine rings is 1. The van der Waals surface area contributed by atoms with Crippen molar-refractivity contribution in [1.29, 1.82) is 0 Å². The summed E-state index contributed by atoms with van der Waals surface area (Å²) in [6.07, 6.45) is 2.95. The Labute approximate surface area is 159 Å². The van der Waals surface area contributed by atoms with Crippen LogP contribution in [-0.4, -0.2) is 40.3 Å². The molecule has 0 saturated carbocycles. The zero-order chi connectivity index (χ0) is 19.0. The first-order valence-corrected chi connectivity index (χ1v) is 9.75. The number of nitrogens with zero attached hydrogens (tertiary/aromatic N) is 3. The minimum Gasteiger partial charge on any atom is -0.437 e. The number of aromatic nitrogens is 1. The predicted molar refractivity (Wildman–Crippen MR) is 99.8 cm³/mol. The van der Waals surface area contributed by atoms with Gasteiger partial charge < -0.3 is 9.32 Å². The van der Waals surface area contributed by atoms with E-state index in [4.69, 9.17) is 4.42 Å². The third kappa shape index (κ3) is 3.90. The fourth-order valence-electron chi connectivity index (χ4n) is 4.05. The average Bonchev–Trinajstić information content (AvgIpc) is 3.07. The molecule has 0 radical (unpaired) electrons. The molecular formula is C21H26FN3O2. The van der Waals surface area contributed by atoms with Gasteiger partial charge in [-0.25, -0.2) is 9.37 Å². The molecule has 1 atom stereocenters. The number of likely N-dealkylation sites (tertiary alicyclic amines) is 1. The number of hydrogen-bond acceptors (Lipinski definition) is 4. The van der Waals surface area contributed by atoms with Crippen molar-refractivity contribution in [2.75, 3.05) is 19.6 Å². The van der Waals surface area contributed by atoms with Crippen molar-refractivity contribution >= 4 is 5.91 Å². The molecule has 1 aromatic carbocycles. The zero-order valence-corrected chi connectivity index (χ0v) is 16.0. The summed E-state index contributed by atoms with van der Waals surface area (Å²) >= 11 is 0. The van der Waals surface area contributed by atoms with Crippen LogP contribution in [-0.2, 0) is 19.5 Å². The normalized spacial score (nSPS) is 20.6. The molecule has 0 N–H and O–H groups in total. The van der Waals surface area contributed by atoms with Crippen LogP contribution in [0.3, 0.4) is 0 Å². The number of halogens is 1. The van der Waals surface area contributed by atoms with Crippen molar-refractivity contribution in [2.24, 2.45) is 5.92 Å². The van der Waals surface area contributed by atoms with E-state index in [0.29, 0.717) is 18.0 Å². The van der Waals surface area contributed by atoms with Gasteiger partial charge in [-0.1, -0.05) is 19.1 Å². The maximum Gasteiger partial charge on any atom is 0.309 e. The minimum atomic E-state index is -0.175. The van der Waals surface area contributed by atoms with Crippen LogP contribution in [0.1, 0.15) is 53.0 Å². The van der Waals surface area contributed by atoms with Crippen LogP contribution in [0.4, 0.5) is 4.39 Å². The molecule has 27 heavy (non-hydrogen) atoms. The van der Waals surface area contributed by atoms with Gasteiger partial charge in [0, 0.05) is 39.1 Å². The van der Waals surface area contributed by atoms with Gasteiger partial charge in [-0.05, 0) is 42.9 Å². The number of amides is 1. The van der Waals surface area contributed by atoms with E-state index in [1.807, 2.05) is 17.0 Å². The molecule has 1 fully saturated rings. The van der Waals surface area contributed by atoms with E-state index in [-0.39, 0.29) is 17.6 Å². The van der Waals surface area contributed by atoms with Crippen molar-refractivity contribution in [3.8, 4) is 0 Å². The smallest absolute Gasteiger partial charge is 0.309 e. The molecule has 0 aliphatic carbocycles. The van der Waals surface area contributed by atoms with Gasteiger partial charge in [0.25, 0.3) is 5.89 Å². The summed E-state index contributed by atoms with van der Waals surface area (Å²) in [5.74, 6) is 1.33. The minimum absolute atomic E-state index is 0.0864. The van der Waals surface area contributed by atoms with Crippen LogP contribution in [0.15, 0.2) is 22.6 Å². The number of hydrogen-bond donors (Lipinski definition) is 0. The van der Waals surface area contributed by atoms with E-state index < -0.39 is 0 Å². The van der Waals surface area contributed by atoms with Crippen molar-refractivity contribution in [1.82, 2.24) is 14.8 Å². The lowest BCUT2D eigenvalue weighted by molar-refractivity contribution is 0.0640. The van der Waals surface area contributed by atoms with E-state index >= 15 is 0 Å². The van der Waals surface area contributed by atoms with Gasteiger partial charge in [0.2, 0.25) is 0 Å². The summed E-state index contributed by atoms with van der Waals surface area (Å²) in [5, 5.41) is 0. The highest BCUT2D eigenvalue weighted by Crippen LogP contribution is 2.24. The molecule has 2 aromatic rings. The van der Waals surface area contributed by atoms with Gasteiger partial charge in [-0.3, -0.25) is 9.69 Å². The van der Waals surface area contributed by atoms with Gasteiger partial charge >= 0.3 is 5.91 Å². The standard InChI is InChI=1S/C21H26FN3O2/c1-14-4-3-8-25(11-14)21(26)20-23-18-13-24(9-7-19(18)27-20)12-16-5-6-17(22)15(2)10-16/h5-6,10,14H,3-4,7-9,11-13H2,1-2H3/t14-/m1/s1. The van der Waals surface area contributed by atoms with Crippen LogP contribution in [0, 0.1) is 18.7 Å². The topological polar surface area (TPSA) is 49.6 Å². The van der Waals surface area contributed by atoms with Crippen LogP contribution in [0.5, 0.6) is 0 Å². The second-order valence-electron chi connectivity index (χ2n) is 7.93. The molecule has 2 aliphatic rings. The Morgan fingerprint density at radius 2 is 2.22 bits per heavy atom. The largest absolute Gasteiger partial charge is 0.437 e. The molecule has 2 aliphatic heterocycles. The van der Waals surface area contributed by atoms with E-state index in [9.17, 15) is 9.18 Å². The summed E-state index contributed by atoms with van der Waals surface area (Å²) in [4.78, 5) is 21.4. The Morgan fingerprint density at radius 1 is 1.37 bits per heavy atom. The first-order valence-electron chi connectivity index (χ1n) is 9.75. The van der Waals surface area contributed by atoms with E-state index in [1.165, 1.54) is 12.5 Å². The van der Waals surface area contributed by atoms with E-state index in [0.717, 1.165) is 56.0 Å². The summed E-state index contributed by atoms with van der Waals surface area (Å²) < 4.78 is 19.3. The first kappa shape index (κ1) is 18.2. The number of carbonyl (C=O) groups excluding carboxylic acids is 1. The van der Waals surface area contributed by atoms with Crippen molar-refractivity contribution in [3.63, 3.8) is 0 Å². The zero-order valence-electron chi connectivity index (χ0n) is 16.0. The second-order valence-corrected chi connectivity index (χ2v) is 7.93. The maximum absolute atomic E-state index is 13.5. The molecule has 3 heterocycles. The van der Waals surface area contributed by atoms with Gasteiger partial charge in [-0.2, -0.15) is 0 Å². The fraction of sp³-hybridized carbons (Fsp3) is 0.524. The number of carbonyl (C=O) groups is 1. The maximum atomic E-state index is 13.5. The van der Waals surface area contributed by atoms with Crippen molar-refractivity contribution < 1.29 is 13.6 Å². The van der Waals surface area contributed by atoms with Crippen LogP contribution < -0.4 is 0 Å². The third-order valence-electron chi connectivity index (χ3n) is 5.56. The van der Waals surface area contributed by atoms with E-state index in [2.05, 4.69) is 16.8 Å². The average molecular weight is 371 g/mol. The highest BCUT2D eigenvalue weighted by atomic mass is 19.1. The number of aryl methyl sites for hydroxylation is 1. The third-order valence-corrected chi connectivity index (χ3v) is 5.56. The summed E-state index contributed by atoms with van der Waals surface area (Å²) in [5.41, 5.74) is 2.60. The summed E-state index contributed by atoms with van der Waals surface area (Å²) in [6, 6.07) is 5.24. The van der Waals surface area contributed by atoms with E-state index in [1.54, 1.807) is 6.92 Å². The van der Waals surface area contributed by atoms with Crippen molar-refractivity contribution in [2.45, 2.75) is 46.2 Å². The molecule has 0 unspecified atom stereocenters. The molecular weight excluding hydrogens is 345 g/mol. The van der Waals surface area contributed by atoms with Gasteiger partial charge in [0.15, 0.2) is 0 Å². The molecule has 1 aromatic heterocycles. The second kappa shape index (κ2) is 7.43. The molecule has 0 bridgehead atoms. The Kier molecular flexibility index (Phi) is 5.00. The number of benzene rings is 1. The molecule has 4 rings (SSSR count). The lowest BCUT2D eigenvalue weighted by Crippen LogP contribution is -2.39. The summed E-state index contributed by atoms with van der Waals surface area (Å²) in [6.45, 7) is 7.75. The molecule has 5 nitrogen and oxygen atoms in total. The van der Waals surface area contributed by atoms with Crippen LogP contribution in [0.2, 0.25) is 0 Å². The first-order chi connectivity index (χ1) is 13.0. The summed E-state index contributed by atoms with van der Waals surface area (Å²) in [7, 11) is 0. The monoisotopic (exact) mass is 371 g/mol. The molecule has 6 heteroatoms. The molecule has 1 amide bonds. The van der Waals surface area contributed by atoms with Crippen LogP contribution in [0.25, 0.3) is 0 Å². The SMILES string of the molecule is Cc1cc(CN2CCc3oc(C(=O)N4CCC[C@@H](C)C4)nc3C2)ccc1F. The Morgan fingerprint density at radius 3 is 3.00 bits per heavy atom. The van der Waals surface area contributed by atoms with Gasteiger partial charge in [0.1, 0.15) is 11.6 Å². The Bertz CT molecular complexity index is 848. The molecule has 1 saturated heterocycles. The predicted octanol–water partition coefficient (Wildman–Crippen LogP) is 3.55. The molecule has 0 spiro atoms. The lowest BCUT2D eigenvalue weighted by atomic mass is 10.0. The Hall–Kier alpha value is -2.21. The highest BCUT2D eigenvalue weighted by Gasteiger charge is 2.29. The number of fused-ring (bicyclic) bond motifs is 1. The molecule has 144 valence electrons. The highest BCUT2D eigenvalue weighted by molar-refractivity contribution is 5.89. The number of rotatable bonds is 3. The van der Waals surface area contributed by atoms with Gasteiger partial charge in [-0.15, -0.1) is 0 Å². The fourth-order valence-corrected chi connectivity index (χ4v) is 4.05. The quantitative estimate of drug-likeness (QED) is 0.828. The Balaban J connectivity index is 1.44. The van der Waals surface area contributed by atoms with Crippen LogP contribution >= 0.6 is 0 Å².